The minimum absolute atomic E-state index is 0.0306. The fourth-order valence-electron chi connectivity index (χ4n) is 2.01. The van der Waals surface area contributed by atoms with Crippen molar-refractivity contribution in [2.45, 2.75) is 19.1 Å². The Morgan fingerprint density at radius 3 is 3.06 bits per heavy atom. The standard InChI is InChI=1S/C12H17NO4S/c1-8-4-13(5-10(6-14)17-8)12(15)11-3-9(16-2)7-18-11/h3,7-8,10,14H,4-6H2,1-2H3. The largest absolute Gasteiger partial charge is 0.496 e. The van der Waals surface area contributed by atoms with E-state index in [1.807, 2.05) is 6.92 Å². The van der Waals surface area contributed by atoms with E-state index in [1.54, 1.807) is 23.5 Å². The van der Waals surface area contributed by atoms with E-state index >= 15 is 0 Å². The van der Waals surface area contributed by atoms with Gasteiger partial charge in [-0.25, -0.2) is 0 Å². The summed E-state index contributed by atoms with van der Waals surface area (Å²) in [6.45, 7) is 2.81. The van der Waals surface area contributed by atoms with E-state index in [2.05, 4.69) is 0 Å². The van der Waals surface area contributed by atoms with E-state index in [9.17, 15) is 4.79 Å². The summed E-state index contributed by atoms with van der Waals surface area (Å²) in [6, 6.07) is 1.74. The molecule has 18 heavy (non-hydrogen) atoms. The van der Waals surface area contributed by atoms with E-state index in [0.29, 0.717) is 23.7 Å². The third kappa shape index (κ3) is 2.82. The molecule has 2 atom stereocenters. The number of amides is 1. The summed E-state index contributed by atoms with van der Waals surface area (Å²) in [4.78, 5) is 14.7. The molecule has 2 rings (SSSR count). The molecule has 0 bridgehead atoms. The molecular weight excluding hydrogens is 254 g/mol. The molecule has 6 heteroatoms. The average Bonchev–Trinajstić information content (AvgIpc) is 2.85. The van der Waals surface area contributed by atoms with Gasteiger partial charge in [-0.1, -0.05) is 0 Å². The number of rotatable bonds is 3. The van der Waals surface area contributed by atoms with E-state index in [1.165, 1.54) is 11.3 Å². The maximum absolute atomic E-state index is 12.3. The lowest BCUT2D eigenvalue weighted by Crippen LogP contribution is -2.50. The molecule has 1 aromatic rings. The van der Waals surface area contributed by atoms with Crippen molar-refractivity contribution in [2.24, 2.45) is 0 Å². The van der Waals surface area contributed by atoms with Crippen molar-refractivity contribution in [3.05, 3.63) is 16.3 Å². The number of carbonyl (C=O) groups excluding carboxylic acids is 1. The molecule has 1 aliphatic rings. The van der Waals surface area contributed by atoms with Crippen LogP contribution in [0.4, 0.5) is 0 Å². The minimum atomic E-state index is -0.292. The maximum Gasteiger partial charge on any atom is 0.264 e. The Balaban J connectivity index is 2.07. The first-order valence-corrected chi connectivity index (χ1v) is 6.70. The second-order valence-electron chi connectivity index (χ2n) is 4.31. The van der Waals surface area contributed by atoms with Crippen LogP contribution in [0.25, 0.3) is 0 Å². The van der Waals surface area contributed by atoms with Crippen molar-refractivity contribution in [1.82, 2.24) is 4.90 Å². The average molecular weight is 271 g/mol. The first-order valence-electron chi connectivity index (χ1n) is 5.82. The van der Waals surface area contributed by atoms with Gasteiger partial charge in [0.15, 0.2) is 0 Å². The number of hydrogen-bond donors (Lipinski definition) is 1. The highest BCUT2D eigenvalue weighted by Crippen LogP contribution is 2.24. The summed E-state index contributed by atoms with van der Waals surface area (Å²) < 4.78 is 10.6. The highest BCUT2D eigenvalue weighted by molar-refractivity contribution is 7.12. The van der Waals surface area contributed by atoms with Crippen LogP contribution in [0.2, 0.25) is 0 Å². The lowest BCUT2D eigenvalue weighted by molar-refractivity contribution is -0.0857. The summed E-state index contributed by atoms with van der Waals surface area (Å²) in [5.41, 5.74) is 0. The Labute approximate surface area is 110 Å². The minimum Gasteiger partial charge on any atom is -0.496 e. The van der Waals surface area contributed by atoms with Crippen LogP contribution in [-0.2, 0) is 4.74 Å². The van der Waals surface area contributed by atoms with Crippen molar-refractivity contribution in [3.63, 3.8) is 0 Å². The molecule has 0 aromatic carbocycles. The van der Waals surface area contributed by atoms with E-state index in [0.717, 1.165) is 0 Å². The second-order valence-corrected chi connectivity index (χ2v) is 5.22. The Morgan fingerprint density at radius 1 is 1.67 bits per heavy atom. The van der Waals surface area contributed by atoms with Crippen molar-refractivity contribution < 1.29 is 19.4 Å². The number of ether oxygens (including phenoxy) is 2. The number of aliphatic hydroxyl groups is 1. The topological polar surface area (TPSA) is 59.0 Å². The quantitative estimate of drug-likeness (QED) is 0.890. The van der Waals surface area contributed by atoms with E-state index in [4.69, 9.17) is 14.6 Å². The first-order chi connectivity index (χ1) is 8.63. The third-order valence-electron chi connectivity index (χ3n) is 2.84. The highest BCUT2D eigenvalue weighted by atomic mass is 32.1. The number of carbonyl (C=O) groups is 1. The van der Waals surface area contributed by atoms with Crippen LogP contribution < -0.4 is 4.74 Å². The van der Waals surface area contributed by atoms with E-state index < -0.39 is 0 Å². The van der Waals surface area contributed by atoms with E-state index in [-0.39, 0.29) is 24.7 Å². The maximum atomic E-state index is 12.3. The molecule has 5 nitrogen and oxygen atoms in total. The predicted octanol–water partition coefficient (Wildman–Crippen LogP) is 0.979. The van der Waals surface area contributed by atoms with Gasteiger partial charge in [0, 0.05) is 24.5 Å². The Morgan fingerprint density at radius 2 is 2.44 bits per heavy atom. The molecular formula is C12H17NO4S. The molecule has 1 N–H and O–H groups in total. The zero-order chi connectivity index (χ0) is 13.1. The van der Waals surface area contributed by atoms with Gasteiger partial charge in [0.05, 0.1) is 30.8 Å². The van der Waals surface area contributed by atoms with Gasteiger partial charge in [0.2, 0.25) is 0 Å². The van der Waals surface area contributed by atoms with Gasteiger partial charge in [0.1, 0.15) is 5.75 Å². The Kier molecular flexibility index (Phi) is 4.21. The zero-order valence-electron chi connectivity index (χ0n) is 10.5. The normalized spacial score (nSPS) is 24.1. The summed E-state index contributed by atoms with van der Waals surface area (Å²) in [7, 11) is 1.58. The molecule has 1 saturated heterocycles. The van der Waals surface area contributed by atoms with Crippen molar-refractivity contribution in [1.29, 1.82) is 0 Å². The van der Waals surface area contributed by atoms with Crippen LogP contribution in [0.15, 0.2) is 11.4 Å². The highest BCUT2D eigenvalue weighted by Gasteiger charge is 2.29. The van der Waals surface area contributed by atoms with Crippen molar-refractivity contribution >= 4 is 17.2 Å². The zero-order valence-corrected chi connectivity index (χ0v) is 11.3. The van der Waals surface area contributed by atoms with Crippen LogP contribution in [0.5, 0.6) is 5.75 Å². The van der Waals surface area contributed by atoms with Gasteiger partial charge in [-0.05, 0) is 6.92 Å². The SMILES string of the molecule is COc1csc(C(=O)N2CC(C)OC(CO)C2)c1. The molecule has 1 aromatic heterocycles. The van der Waals surface area contributed by atoms with Gasteiger partial charge in [-0.2, -0.15) is 0 Å². The molecule has 0 spiro atoms. The number of aliphatic hydroxyl groups excluding tert-OH is 1. The first kappa shape index (κ1) is 13.3. The van der Waals surface area contributed by atoms with Crippen LogP contribution in [0, 0.1) is 0 Å². The summed E-state index contributed by atoms with van der Waals surface area (Å²) in [5, 5.41) is 10.9. The third-order valence-corrected chi connectivity index (χ3v) is 3.74. The number of nitrogens with zero attached hydrogens (tertiary/aromatic N) is 1. The smallest absolute Gasteiger partial charge is 0.264 e. The summed E-state index contributed by atoms with van der Waals surface area (Å²) >= 11 is 1.37. The van der Waals surface area contributed by atoms with Gasteiger partial charge in [-0.15, -0.1) is 11.3 Å². The number of thiophene rings is 1. The molecule has 0 radical (unpaired) electrons. The van der Waals surface area contributed by atoms with Crippen LogP contribution in [-0.4, -0.2) is 54.9 Å². The lowest BCUT2D eigenvalue weighted by Gasteiger charge is -2.35. The molecule has 100 valence electrons. The van der Waals surface area contributed by atoms with Crippen LogP contribution in [0.3, 0.4) is 0 Å². The fraction of sp³-hybridized carbons (Fsp3) is 0.583. The van der Waals surface area contributed by atoms with Crippen molar-refractivity contribution in [2.75, 3.05) is 26.8 Å². The predicted molar refractivity (Wildman–Crippen MR) is 68.2 cm³/mol. The molecule has 1 aliphatic heterocycles. The van der Waals surface area contributed by atoms with Gasteiger partial charge in [0.25, 0.3) is 5.91 Å². The summed E-state index contributed by atoms with van der Waals surface area (Å²) in [6.07, 6.45) is -0.346. The lowest BCUT2D eigenvalue weighted by atomic mass is 10.2. The van der Waals surface area contributed by atoms with Gasteiger partial charge in [-0.3, -0.25) is 4.79 Å². The number of hydrogen-bond acceptors (Lipinski definition) is 5. The van der Waals surface area contributed by atoms with Crippen molar-refractivity contribution in [3.8, 4) is 5.75 Å². The molecule has 2 unspecified atom stereocenters. The molecule has 0 aliphatic carbocycles. The Hall–Kier alpha value is -1.11. The molecule has 2 heterocycles. The van der Waals surface area contributed by atoms with Crippen LogP contribution in [0.1, 0.15) is 16.6 Å². The monoisotopic (exact) mass is 271 g/mol. The summed E-state index contributed by atoms with van der Waals surface area (Å²) in [5.74, 6) is 0.667. The Bertz CT molecular complexity index is 420. The molecule has 0 saturated carbocycles. The number of morpholine rings is 1. The fourth-order valence-corrected chi connectivity index (χ4v) is 2.83. The number of methoxy groups -OCH3 is 1. The second kappa shape index (κ2) is 5.69. The molecule has 1 fully saturated rings. The van der Waals surface area contributed by atoms with Gasteiger partial charge >= 0.3 is 0 Å². The molecule has 1 amide bonds. The van der Waals surface area contributed by atoms with Crippen LogP contribution >= 0.6 is 11.3 Å². The van der Waals surface area contributed by atoms with Gasteiger partial charge < -0.3 is 19.5 Å².